The van der Waals surface area contributed by atoms with Crippen molar-refractivity contribution in [2.45, 2.75) is 6.42 Å². The van der Waals surface area contributed by atoms with Gasteiger partial charge in [0.25, 0.3) is 0 Å². The van der Waals surface area contributed by atoms with E-state index in [0.29, 0.717) is 6.61 Å². The Labute approximate surface area is 61.6 Å². The maximum absolute atomic E-state index is 8.36. The maximum atomic E-state index is 8.36. The van der Waals surface area contributed by atoms with Crippen molar-refractivity contribution < 1.29 is 9.84 Å². The SMILES string of the molecule is OCCOCCN1CCC1. The first-order valence-electron chi connectivity index (χ1n) is 3.84. The van der Waals surface area contributed by atoms with Crippen LogP contribution in [0.5, 0.6) is 0 Å². The van der Waals surface area contributed by atoms with Gasteiger partial charge in [0.05, 0.1) is 19.8 Å². The van der Waals surface area contributed by atoms with E-state index < -0.39 is 0 Å². The van der Waals surface area contributed by atoms with E-state index in [1.807, 2.05) is 0 Å². The predicted octanol–water partition coefficient (Wildman–Crippen LogP) is -0.299. The van der Waals surface area contributed by atoms with Gasteiger partial charge < -0.3 is 14.7 Å². The second kappa shape index (κ2) is 4.66. The zero-order chi connectivity index (χ0) is 7.23. The molecule has 0 spiro atoms. The fourth-order valence-electron chi connectivity index (χ4n) is 0.966. The van der Waals surface area contributed by atoms with Crippen LogP contribution >= 0.6 is 0 Å². The third kappa shape index (κ3) is 2.64. The molecule has 1 N–H and O–H groups in total. The van der Waals surface area contributed by atoms with E-state index in [0.717, 1.165) is 13.2 Å². The van der Waals surface area contributed by atoms with Crippen molar-refractivity contribution in [3.63, 3.8) is 0 Å². The molecule has 3 heteroatoms. The van der Waals surface area contributed by atoms with Crippen LogP contribution in [-0.4, -0.2) is 49.5 Å². The van der Waals surface area contributed by atoms with Crippen LogP contribution in [0.3, 0.4) is 0 Å². The quantitative estimate of drug-likeness (QED) is 0.539. The minimum absolute atomic E-state index is 0.139. The Hall–Kier alpha value is -0.120. The van der Waals surface area contributed by atoms with E-state index in [1.165, 1.54) is 19.5 Å². The lowest BCUT2D eigenvalue weighted by molar-refractivity contribution is 0.0592. The van der Waals surface area contributed by atoms with Crippen molar-refractivity contribution in [2.75, 3.05) is 39.5 Å². The van der Waals surface area contributed by atoms with Crippen LogP contribution in [0, 0.1) is 0 Å². The van der Waals surface area contributed by atoms with Gasteiger partial charge in [0.15, 0.2) is 0 Å². The number of rotatable bonds is 5. The van der Waals surface area contributed by atoms with E-state index in [1.54, 1.807) is 0 Å². The van der Waals surface area contributed by atoms with Crippen LogP contribution in [0.15, 0.2) is 0 Å². The molecule has 0 atom stereocenters. The van der Waals surface area contributed by atoms with Gasteiger partial charge >= 0.3 is 0 Å². The van der Waals surface area contributed by atoms with Crippen molar-refractivity contribution in [1.29, 1.82) is 0 Å². The highest BCUT2D eigenvalue weighted by atomic mass is 16.5. The van der Waals surface area contributed by atoms with Gasteiger partial charge in [-0.2, -0.15) is 0 Å². The summed E-state index contributed by atoms with van der Waals surface area (Å²) in [4.78, 5) is 2.34. The molecule has 1 aliphatic rings. The maximum Gasteiger partial charge on any atom is 0.0698 e. The summed E-state index contributed by atoms with van der Waals surface area (Å²) in [6.45, 7) is 4.86. The van der Waals surface area contributed by atoms with Crippen LogP contribution in [0.4, 0.5) is 0 Å². The fourth-order valence-corrected chi connectivity index (χ4v) is 0.966. The number of aliphatic hydroxyl groups is 1. The molecule has 0 aliphatic carbocycles. The molecule has 1 aliphatic heterocycles. The van der Waals surface area contributed by atoms with Crippen molar-refractivity contribution >= 4 is 0 Å². The molecule has 1 heterocycles. The summed E-state index contributed by atoms with van der Waals surface area (Å²) in [7, 11) is 0. The molecule has 0 aromatic carbocycles. The topological polar surface area (TPSA) is 32.7 Å². The molecule has 0 bridgehead atoms. The Balaban J connectivity index is 1.76. The van der Waals surface area contributed by atoms with E-state index in [2.05, 4.69) is 4.90 Å². The summed E-state index contributed by atoms with van der Waals surface area (Å²) in [6.07, 6.45) is 1.33. The highest BCUT2D eigenvalue weighted by Gasteiger charge is 2.11. The second-order valence-electron chi connectivity index (χ2n) is 2.53. The average molecular weight is 145 g/mol. The molecule has 60 valence electrons. The van der Waals surface area contributed by atoms with Gasteiger partial charge in [0, 0.05) is 6.54 Å². The Bertz CT molecular complexity index is 83.7. The minimum atomic E-state index is 0.139. The van der Waals surface area contributed by atoms with Crippen LogP contribution in [-0.2, 0) is 4.74 Å². The monoisotopic (exact) mass is 145 g/mol. The molecule has 0 aromatic heterocycles. The molecule has 0 radical (unpaired) electrons. The zero-order valence-corrected chi connectivity index (χ0v) is 6.25. The highest BCUT2D eigenvalue weighted by Crippen LogP contribution is 2.03. The van der Waals surface area contributed by atoms with Crippen molar-refractivity contribution in [3.05, 3.63) is 0 Å². The summed E-state index contributed by atoms with van der Waals surface area (Å²) in [5.41, 5.74) is 0. The van der Waals surface area contributed by atoms with Gasteiger partial charge in [0.2, 0.25) is 0 Å². The second-order valence-corrected chi connectivity index (χ2v) is 2.53. The van der Waals surface area contributed by atoms with Gasteiger partial charge in [-0.15, -0.1) is 0 Å². The molecule has 0 amide bonds. The number of hydrogen-bond donors (Lipinski definition) is 1. The van der Waals surface area contributed by atoms with Crippen molar-refractivity contribution in [3.8, 4) is 0 Å². The zero-order valence-electron chi connectivity index (χ0n) is 6.25. The molecule has 0 unspecified atom stereocenters. The first-order chi connectivity index (χ1) is 4.93. The van der Waals surface area contributed by atoms with E-state index >= 15 is 0 Å². The van der Waals surface area contributed by atoms with Gasteiger partial charge in [-0.1, -0.05) is 0 Å². The number of hydrogen-bond acceptors (Lipinski definition) is 3. The molecular weight excluding hydrogens is 130 g/mol. The summed E-state index contributed by atoms with van der Waals surface area (Å²) in [5, 5.41) is 8.36. The average Bonchev–Trinajstić information content (AvgIpc) is 1.84. The predicted molar refractivity (Wildman–Crippen MR) is 39.0 cm³/mol. The number of ether oxygens (including phenoxy) is 1. The molecule has 3 nitrogen and oxygen atoms in total. The van der Waals surface area contributed by atoms with Crippen molar-refractivity contribution in [2.24, 2.45) is 0 Å². The first-order valence-corrected chi connectivity index (χ1v) is 3.84. The summed E-state index contributed by atoms with van der Waals surface area (Å²) < 4.78 is 5.10. The van der Waals surface area contributed by atoms with Crippen LogP contribution in [0.2, 0.25) is 0 Å². The van der Waals surface area contributed by atoms with Crippen LogP contribution in [0.1, 0.15) is 6.42 Å². The van der Waals surface area contributed by atoms with E-state index in [4.69, 9.17) is 9.84 Å². The standard InChI is InChI=1S/C7H15NO2/c9-5-7-10-6-4-8-2-1-3-8/h9H,1-7H2. The Morgan fingerprint density at radius 1 is 1.30 bits per heavy atom. The molecule has 1 rings (SSSR count). The molecular formula is C7H15NO2. The van der Waals surface area contributed by atoms with Gasteiger partial charge in [-0.05, 0) is 19.5 Å². The Kier molecular flexibility index (Phi) is 3.72. The number of likely N-dealkylation sites (tertiary alicyclic amines) is 1. The number of aliphatic hydroxyl groups excluding tert-OH is 1. The lowest BCUT2D eigenvalue weighted by Crippen LogP contribution is -2.39. The smallest absolute Gasteiger partial charge is 0.0698 e. The van der Waals surface area contributed by atoms with Crippen LogP contribution in [0.25, 0.3) is 0 Å². The summed E-state index contributed by atoms with van der Waals surface area (Å²) >= 11 is 0. The third-order valence-electron chi connectivity index (χ3n) is 1.74. The van der Waals surface area contributed by atoms with Gasteiger partial charge in [-0.25, -0.2) is 0 Å². The molecule has 1 fully saturated rings. The first kappa shape index (κ1) is 7.98. The highest BCUT2D eigenvalue weighted by molar-refractivity contribution is 4.67. The van der Waals surface area contributed by atoms with Gasteiger partial charge in [0.1, 0.15) is 0 Å². The summed E-state index contributed by atoms with van der Waals surface area (Å²) in [6, 6.07) is 0. The number of nitrogens with zero attached hydrogens (tertiary/aromatic N) is 1. The lowest BCUT2D eigenvalue weighted by atomic mass is 10.2. The van der Waals surface area contributed by atoms with Gasteiger partial charge in [-0.3, -0.25) is 0 Å². The third-order valence-corrected chi connectivity index (χ3v) is 1.74. The fraction of sp³-hybridized carbons (Fsp3) is 1.00. The Morgan fingerprint density at radius 3 is 2.60 bits per heavy atom. The molecule has 0 aromatic rings. The minimum Gasteiger partial charge on any atom is -0.394 e. The van der Waals surface area contributed by atoms with Crippen LogP contribution < -0.4 is 0 Å². The Morgan fingerprint density at radius 2 is 2.10 bits per heavy atom. The summed E-state index contributed by atoms with van der Waals surface area (Å²) in [5.74, 6) is 0. The van der Waals surface area contributed by atoms with Crippen molar-refractivity contribution in [1.82, 2.24) is 4.90 Å². The molecule has 1 saturated heterocycles. The van der Waals surface area contributed by atoms with E-state index in [-0.39, 0.29) is 6.61 Å². The molecule has 10 heavy (non-hydrogen) atoms. The largest absolute Gasteiger partial charge is 0.394 e. The normalized spacial score (nSPS) is 18.9. The lowest BCUT2D eigenvalue weighted by Gasteiger charge is -2.30. The van der Waals surface area contributed by atoms with E-state index in [9.17, 15) is 0 Å². The molecule has 0 saturated carbocycles.